The van der Waals surface area contributed by atoms with Gasteiger partial charge in [0.25, 0.3) is 0 Å². The van der Waals surface area contributed by atoms with E-state index in [-0.39, 0.29) is 0 Å². The Morgan fingerprint density at radius 1 is 1.22 bits per heavy atom. The van der Waals surface area contributed by atoms with Crippen LogP contribution in [0.15, 0.2) is 18.2 Å². The van der Waals surface area contributed by atoms with Crippen LogP contribution >= 0.6 is 0 Å². The average Bonchev–Trinajstić information content (AvgIpc) is 2.83. The smallest absolute Gasteiger partial charge is 0.121 e. The van der Waals surface area contributed by atoms with Crippen LogP contribution in [0.4, 0.5) is 0 Å². The van der Waals surface area contributed by atoms with E-state index in [2.05, 4.69) is 32.9 Å². The van der Waals surface area contributed by atoms with Crippen molar-refractivity contribution in [1.82, 2.24) is 0 Å². The van der Waals surface area contributed by atoms with Gasteiger partial charge in [0.1, 0.15) is 5.75 Å². The first-order valence-corrected chi connectivity index (χ1v) is 7.21. The standard InChI is InChI=1S/C17H24O/c1-10-6-5-7-13(16(10)18)15-9-12-8-14(15)11(2)17(12,3)4/h5-7,11-12,14-15,18H,8-9H2,1-4H3/t11-,12-,14+,15-/m0/s1. The van der Waals surface area contributed by atoms with Gasteiger partial charge in [0.15, 0.2) is 0 Å². The quantitative estimate of drug-likeness (QED) is 0.772. The van der Waals surface area contributed by atoms with Gasteiger partial charge >= 0.3 is 0 Å². The summed E-state index contributed by atoms with van der Waals surface area (Å²) < 4.78 is 0. The fourth-order valence-corrected chi connectivity index (χ4v) is 4.49. The van der Waals surface area contributed by atoms with Crippen molar-refractivity contribution in [2.45, 2.75) is 46.5 Å². The van der Waals surface area contributed by atoms with Crippen molar-refractivity contribution in [2.75, 3.05) is 0 Å². The molecule has 1 heteroatoms. The molecule has 3 rings (SSSR count). The number of aryl methyl sites for hydroxylation is 1. The number of aromatic hydroxyl groups is 1. The minimum Gasteiger partial charge on any atom is -0.507 e. The topological polar surface area (TPSA) is 20.2 Å². The molecule has 1 aromatic carbocycles. The van der Waals surface area contributed by atoms with E-state index in [1.807, 2.05) is 13.0 Å². The highest BCUT2D eigenvalue weighted by molar-refractivity contribution is 5.43. The summed E-state index contributed by atoms with van der Waals surface area (Å²) in [6.07, 6.45) is 2.62. The Morgan fingerprint density at radius 2 is 1.94 bits per heavy atom. The van der Waals surface area contributed by atoms with Crippen molar-refractivity contribution in [3.63, 3.8) is 0 Å². The molecule has 0 radical (unpaired) electrons. The minimum atomic E-state index is 0.487. The van der Waals surface area contributed by atoms with Gasteiger partial charge in [0.2, 0.25) is 0 Å². The van der Waals surface area contributed by atoms with Crippen molar-refractivity contribution in [3.05, 3.63) is 29.3 Å². The van der Waals surface area contributed by atoms with Gasteiger partial charge in [0.05, 0.1) is 0 Å². The second kappa shape index (κ2) is 3.76. The average molecular weight is 244 g/mol. The van der Waals surface area contributed by atoms with Crippen LogP contribution in [0.5, 0.6) is 5.75 Å². The predicted octanol–water partition coefficient (Wildman–Crippen LogP) is 4.49. The molecule has 4 atom stereocenters. The number of hydrogen-bond acceptors (Lipinski definition) is 1. The molecule has 2 fully saturated rings. The molecule has 18 heavy (non-hydrogen) atoms. The molecular formula is C17H24O. The van der Waals surface area contributed by atoms with E-state index in [1.165, 1.54) is 18.4 Å². The maximum absolute atomic E-state index is 10.3. The zero-order valence-electron chi connectivity index (χ0n) is 11.9. The molecular weight excluding hydrogens is 220 g/mol. The van der Waals surface area contributed by atoms with E-state index in [4.69, 9.17) is 0 Å². The number of phenols is 1. The van der Waals surface area contributed by atoms with Crippen LogP contribution < -0.4 is 0 Å². The van der Waals surface area contributed by atoms with E-state index in [9.17, 15) is 5.11 Å². The molecule has 2 aliphatic rings. The third kappa shape index (κ3) is 1.46. The van der Waals surface area contributed by atoms with E-state index in [1.54, 1.807) is 0 Å². The molecule has 1 aromatic rings. The number of para-hydroxylation sites is 1. The van der Waals surface area contributed by atoms with Crippen LogP contribution in [0, 0.1) is 30.1 Å². The number of fused-ring (bicyclic) bond motifs is 2. The summed E-state index contributed by atoms with van der Waals surface area (Å²) in [6.45, 7) is 9.26. The van der Waals surface area contributed by atoms with Gasteiger partial charge in [-0.05, 0) is 60.0 Å². The third-order valence-electron chi connectivity index (χ3n) is 6.15. The zero-order chi connectivity index (χ0) is 13.1. The molecule has 2 aliphatic carbocycles. The fourth-order valence-electron chi connectivity index (χ4n) is 4.49. The molecule has 1 nitrogen and oxygen atoms in total. The summed E-state index contributed by atoms with van der Waals surface area (Å²) in [5, 5.41) is 10.3. The third-order valence-corrected chi connectivity index (χ3v) is 6.15. The van der Waals surface area contributed by atoms with Gasteiger partial charge in [-0.1, -0.05) is 39.0 Å². The maximum Gasteiger partial charge on any atom is 0.121 e. The first kappa shape index (κ1) is 12.1. The molecule has 98 valence electrons. The summed E-state index contributed by atoms with van der Waals surface area (Å²) >= 11 is 0. The lowest BCUT2D eigenvalue weighted by Crippen LogP contribution is -2.32. The van der Waals surface area contributed by atoms with E-state index < -0.39 is 0 Å². The largest absolute Gasteiger partial charge is 0.507 e. The van der Waals surface area contributed by atoms with E-state index in [0.717, 1.165) is 23.3 Å². The number of phenolic OH excluding ortho intramolecular Hbond substituents is 1. The molecule has 1 N–H and O–H groups in total. The molecule has 0 aromatic heterocycles. The highest BCUT2D eigenvalue weighted by Crippen LogP contribution is 2.64. The van der Waals surface area contributed by atoms with Crippen LogP contribution in [0.2, 0.25) is 0 Å². The van der Waals surface area contributed by atoms with Gasteiger partial charge < -0.3 is 5.11 Å². The van der Waals surface area contributed by atoms with Gasteiger partial charge in [0, 0.05) is 0 Å². The first-order chi connectivity index (χ1) is 8.43. The second-order valence-electron chi connectivity index (χ2n) is 7.06. The molecule has 0 saturated heterocycles. The van der Waals surface area contributed by atoms with E-state index in [0.29, 0.717) is 17.1 Å². The normalized spacial score (nSPS) is 37.1. The lowest BCUT2D eigenvalue weighted by atomic mass is 9.65. The molecule has 0 unspecified atom stereocenters. The van der Waals surface area contributed by atoms with Gasteiger partial charge in [-0.25, -0.2) is 0 Å². The Hall–Kier alpha value is -0.980. The van der Waals surface area contributed by atoms with Crippen molar-refractivity contribution < 1.29 is 5.11 Å². The molecule has 0 aliphatic heterocycles. The predicted molar refractivity (Wildman–Crippen MR) is 74.7 cm³/mol. The highest BCUT2D eigenvalue weighted by atomic mass is 16.3. The Balaban J connectivity index is 1.96. The summed E-state index contributed by atoms with van der Waals surface area (Å²) in [6, 6.07) is 6.22. The lowest BCUT2D eigenvalue weighted by Gasteiger charge is -2.40. The Bertz CT molecular complexity index is 470. The summed E-state index contributed by atoms with van der Waals surface area (Å²) in [4.78, 5) is 0. The van der Waals surface area contributed by atoms with Crippen molar-refractivity contribution in [3.8, 4) is 5.75 Å². The summed E-state index contributed by atoms with van der Waals surface area (Å²) in [7, 11) is 0. The Morgan fingerprint density at radius 3 is 2.56 bits per heavy atom. The van der Waals surface area contributed by atoms with Crippen LogP contribution in [0.1, 0.15) is 50.7 Å². The van der Waals surface area contributed by atoms with Gasteiger partial charge in [-0.2, -0.15) is 0 Å². The molecule has 2 saturated carbocycles. The lowest BCUT2D eigenvalue weighted by molar-refractivity contribution is 0.121. The van der Waals surface area contributed by atoms with Crippen LogP contribution in [0.3, 0.4) is 0 Å². The monoisotopic (exact) mass is 244 g/mol. The minimum absolute atomic E-state index is 0.487. The Labute approximate surface area is 110 Å². The summed E-state index contributed by atoms with van der Waals surface area (Å²) in [5.41, 5.74) is 2.70. The van der Waals surface area contributed by atoms with Crippen molar-refractivity contribution >= 4 is 0 Å². The number of hydrogen-bond donors (Lipinski definition) is 1. The first-order valence-electron chi connectivity index (χ1n) is 7.21. The fraction of sp³-hybridized carbons (Fsp3) is 0.647. The highest BCUT2D eigenvalue weighted by Gasteiger charge is 2.55. The summed E-state index contributed by atoms with van der Waals surface area (Å²) in [5.74, 6) is 3.49. The zero-order valence-corrected chi connectivity index (χ0v) is 11.9. The molecule has 0 amide bonds. The van der Waals surface area contributed by atoms with Gasteiger partial charge in [-0.15, -0.1) is 0 Å². The van der Waals surface area contributed by atoms with Crippen molar-refractivity contribution in [2.24, 2.45) is 23.2 Å². The molecule has 0 spiro atoms. The van der Waals surface area contributed by atoms with Crippen LogP contribution in [0.25, 0.3) is 0 Å². The maximum atomic E-state index is 10.3. The van der Waals surface area contributed by atoms with Gasteiger partial charge in [-0.3, -0.25) is 0 Å². The SMILES string of the molecule is Cc1cccc([C@@H]2C[C@@H]3C[C@@H]2[C@H](C)C3(C)C)c1O. The Kier molecular flexibility index (Phi) is 2.52. The number of rotatable bonds is 1. The number of benzene rings is 1. The van der Waals surface area contributed by atoms with Crippen LogP contribution in [-0.2, 0) is 0 Å². The molecule has 2 bridgehead atoms. The van der Waals surface area contributed by atoms with Crippen LogP contribution in [-0.4, -0.2) is 5.11 Å². The second-order valence-corrected chi connectivity index (χ2v) is 7.06. The van der Waals surface area contributed by atoms with Crippen molar-refractivity contribution in [1.29, 1.82) is 0 Å². The molecule has 0 heterocycles. The van der Waals surface area contributed by atoms with E-state index >= 15 is 0 Å².